The van der Waals surface area contributed by atoms with E-state index in [0.717, 1.165) is 0 Å². The summed E-state index contributed by atoms with van der Waals surface area (Å²) in [6.07, 6.45) is 0.528. The maximum absolute atomic E-state index is 7.43. The van der Waals surface area contributed by atoms with Crippen LogP contribution >= 0.6 is 6.83 Å². The minimum atomic E-state index is -3.33. The summed E-state index contributed by atoms with van der Waals surface area (Å²) in [5.41, 5.74) is -0.878. The van der Waals surface area contributed by atoms with Crippen LogP contribution in [0, 0.1) is 0 Å². The molecule has 0 amide bonds. The molecule has 0 aromatic heterocycles. The fraction of sp³-hybridized carbons (Fsp3) is 0.280. The van der Waals surface area contributed by atoms with Gasteiger partial charge in [0.05, 0.1) is 0 Å². The molecule has 3 heteroatoms. The molecule has 0 atom stereocenters. The van der Waals surface area contributed by atoms with Crippen molar-refractivity contribution in [2.45, 2.75) is 38.9 Å². The normalized spacial score (nSPS) is 23.2. The van der Waals surface area contributed by atoms with Gasteiger partial charge < -0.3 is 0 Å². The Labute approximate surface area is 168 Å². The molecule has 1 fully saturated rings. The van der Waals surface area contributed by atoms with Gasteiger partial charge in [-0.25, -0.2) is 0 Å². The topological polar surface area (TPSA) is 18.5 Å². The number of hydrogen-bond acceptors (Lipinski definition) is 2. The summed E-state index contributed by atoms with van der Waals surface area (Å²) in [4.78, 5) is 0. The molecule has 1 heterocycles. The van der Waals surface area contributed by atoms with Gasteiger partial charge in [-0.05, 0) is 0 Å². The van der Waals surface area contributed by atoms with Crippen molar-refractivity contribution >= 4 is 22.7 Å². The van der Waals surface area contributed by atoms with Gasteiger partial charge in [0.2, 0.25) is 0 Å². The Hall–Kier alpha value is -1.99. The Kier molecular flexibility index (Phi) is 4.50. The van der Waals surface area contributed by atoms with Crippen LogP contribution in [0.5, 0.6) is 0 Å². The van der Waals surface area contributed by atoms with Crippen LogP contribution in [-0.2, 0) is 9.26 Å². The Morgan fingerprint density at radius 1 is 0.571 bits per heavy atom. The molecule has 4 rings (SSSR count). The molecule has 0 saturated carbocycles. The van der Waals surface area contributed by atoms with Crippen molar-refractivity contribution in [1.82, 2.24) is 0 Å². The Morgan fingerprint density at radius 2 is 0.929 bits per heavy atom. The second kappa shape index (κ2) is 6.52. The molecule has 2 nitrogen and oxygen atoms in total. The van der Waals surface area contributed by atoms with Crippen LogP contribution in [0.15, 0.2) is 91.0 Å². The summed E-state index contributed by atoms with van der Waals surface area (Å²) >= 11 is 0. The van der Waals surface area contributed by atoms with E-state index in [-0.39, 0.29) is 0 Å². The van der Waals surface area contributed by atoms with Crippen LogP contribution < -0.4 is 15.9 Å². The molecular weight excluding hydrogens is 363 g/mol. The predicted molar refractivity (Wildman–Crippen MR) is 120 cm³/mol. The second-order valence-electron chi connectivity index (χ2n) is 8.60. The summed E-state index contributed by atoms with van der Waals surface area (Å²) in [7, 11) is 0. The van der Waals surface area contributed by atoms with Gasteiger partial charge >= 0.3 is 168 Å². The zero-order valence-corrected chi connectivity index (χ0v) is 18.0. The van der Waals surface area contributed by atoms with Crippen LogP contribution in [0.3, 0.4) is 0 Å². The third kappa shape index (κ3) is 2.59. The molecule has 3 aromatic rings. The summed E-state index contributed by atoms with van der Waals surface area (Å²) in [5.74, 6) is 0. The van der Waals surface area contributed by atoms with Gasteiger partial charge in [0.25, 0.3) is 0 Å². The molecule has 1 saturated heterocycles. The molecule has 0 aliphatic carbocycles. The second-order valence-corrected chi connectivity index (χ2v) is 13.0. The summed E-state index contributed by atoms with van der Waals surface area (Å²) in [6.45, 7) is 5.23. The van der Waals surface area contributed by atoms with E-state index in [4.69, 9.17) is 9.26 Å². The average Bonchev–Trinajstić information content (AvgIpc) is 2.72. The van der Waals surface area contributed by atoms with E-state index in [1.165, 1.54) is 15.9 Å². The molecule has 3 aromatic carbocycles. The van der Waals surface area contributed by atoms with Crippen LogP contribution in [0.2, 0.25) is 0 Å². The van der Waals surface area contributed by atoms with E-state index in [1.54, 1.807) is 0 Å². The van der Waals surface area contributed by atoms with Crippen molar-refractivity contribution in [2.24, 2.45) is 0 Å². The van der Waals surface area contributed by atoms with Crippen molar-refractivity contribution in [1.29, 1.82) is 0 Å². The minimum absolute atomic E-state index is 0.396. The van der Waals surface area contributed by atoms with Crippen molar-refractivity contribution in [3.63, 3.8) is 0 Å². The molecule has 0 N–H and O–H groups in total. The van der Waals surface area contributed by atoms with Gasteiger partial charge in [-0.2, -0.15) is 0 Å². The van der Waals surface area contributed by atoms with E-state index >= 15 is 0 Å². The van der Waals surface area contributed by atoms with Crippen LogP contribution in [0.25, 0.3) is 0 Å². The van der Waals surface area contributed by atoms with Gasteiger partial charge in [-0.1, -0.05) is 0 Å². The predicted octanol–water partition coefficient (Wildman–Crippen LogP) is 4.99. The van der Waals surface area contributed by atoms with Crippen molar-refractivity contribution in [2.75, 3.05) is 6.35 Å². The van der Waals surface area contributed by atoms with Crippen LogP contribution in [0.1, 0.15) is 27.7 Å². The van der Waals surface area contributed by atoms with E-state index < -0.39 is 18.0 Å². The third-order valence-electron chi connectivity index (χ3n) is 6.46. The first-order chi connectivity index (χ1) is 13.3. The van der Waals surface area contributed by atoms with E-state index in [0.29, 0.717) is 6.35 Å². The summed E-state index contributed by atoms with van der Waals surface area (Å²) < 4.78 is 14.1. The van der Waals surface area contributed by atoms with Gasteiger partial charge in [0.15, 0.2) is 0 Å². The molecular formula is C25H29O2P. The number of rotatable bonds is 3. The molecule has 0 unspecified atom stereocenters. The van der Waals surface area contributed by atoms with Crippen LogP contribution in [0.4, 0.5) is 0 Å². The Morgan fingerprint density at radius 3 is 1.25 bits per heavy atom. The quantitative estimate of drug-likeness (QED) is 0.585. The molecule has 146 valence electrons. The fourth-order valence-electron chi connectivity index (χ4n) is 4.16. The maximum atomic E-state index is 7.43. The monoisotopic (exact) mass is 392 g/mol. The van der Waals surface area contributed by atoms with E-state index in [1.807, 2.05) is 0 Å². The zero-order chi connectivity index (χ0) is 19.9. The Balaban J connectivity index is 2.15. The average molecular weight is 392 g/mol. The summed E-state index contributed by atoms with van der Waals surface area (Å²) in [6, 6.07) is 32.0. The zero-order valence-electron chi connectivity index (χ0n) is 17.1. The van der Waals surface area contributed by atoms with E-state index in [2.05, 4.69) is 119 Å². The fourth-order valence-corrected chi connectivity index (χ4v) is 10.1. The molecule has 0 spiro atoms. The van der Waals surface area contributed by atoms with Gasteiger partial charge in [0, 0.05) is 0 Å². The standard InChI is InChI=1S/C25H29O2P/c1-24(2)25(3,4)27-28(20-26-24,21-14-8-5-9-15-21,22-16-10-6-11-17-22)23-18-12-7-13-19-23/h5-19H,20H2,1-4H3. The molecule has 28 heavy (non-hydrogen) atoms. The van der Waals surface area contributed by atoms with Gasteiger partial charge in [0.1, 0.15) is 0 Å². The first-order valence-electron chi connectivity index (χ1n) is 9.85. The van der Waals surface area contributed by atoms with Crippen LogP contribution in [-0.4, -0.2) is 17.6 Å². The molecule has 0 radical (unpaired) electrons. The Bertz CT molecular complexity index is 850. The van der Waals surface area contributed by atoms with Crippen molar-refractivity contribution in [3.8, 4) is 0 Å². The van der Waals surface area contributed by atoms with E-state index in [9.17, 15) is 0 Å². The number of hydrogen-bond donors (Lipinski definition) is 0. The van der Waals surface area contributed by atoms with Gasteiger partial charge in [-0.3, -0.25) is 0 Å². The SMILES string of the molecule is CC1(C)OCP(c2ccccc2)(c2ccccc2)(c2ccccc2)OC1(C)C. The van der Waals surface area contributed by atoms with Crippen molar-refractivity contribution < 1.29 is 9.26 Å². The first kappa shape index (κ1) is 19.3. The third-order valence-corrected chi connectivity index (χ3v) is 12.1. The molecule has 1 aliphatic heterocycles. The van der Waals surface area contributed by atoms with Crippen molar-refractivity contribution in [3.05, 3.63) is 91.0 Å². The number of benzene rings is 3. The van der Waals surface area contributed by atoms with Gasteiger partial charge in [-0.15, -0.1) is 0 Å². The summed E-state index contributed by atoms with van der Waals surface area (Å²) in [5, 5.41) is 3.61. The number of ether oxygens (including phenoxy) is 1. The first-order valence-corrected chi connectivity index (χ1v) is 12.2. The molecule has 0 bridgehead atoms. The molecule has 1 aliphatic rings.